The molecule has 1 saturated heterocycles. The van der Waals surface area contributed by atoms with Crippen LogP contribution < -0.4 is 5.32 Å². The summed E-state index contributed by atoms with van der Waals surface area (Å²) in [7, 11) is 1.76. The molecule has 1 fully saturated rings. The van der Waals surface area contributed by atoms with Crippen LogP contribution in [0.25, 0.3) is 10.9 Å². The number of carbonyl (C=O) groups excluding carboxylic acids is 2. The van der Waals surface area contributed by atoms with Crippen LogP contribution in [0.1, 0.15) is 45.7 Å². The van der Waals surface area contributed by atoms with Crippen LogP contribution in [-0.4, -0.2) is 44.6 Å². The van der Waals surface area contributed by atoms with Crippen molar-refractivity contribution in [2.75, 3.05) is 18.4 Å². The molecule has 4 aromatic rings. The van der Waals surface area contributed by atoms with Gasteiger partial charge in [0, 0.05) is 37.9 Å². The van der Waals surface area contributed by atoms with E-state index >= 15 is 0 Å². The lowest BCUT2D eigenvalue weighted by atomic mass is 9.91. The molecule has 2 amide bonds. The summed E-state index contributed by atoms with van der Waals surface area (Å²) in [6.45, 7) is 1.42. The molecule has 7 nitrogen and oxygen atoms in total. The number of fused-ring (bicyclic) bond motifs is 1. The second kappa shape index (κ2) is 10.1. The van der Waals surface area contributed by atoms with Crippen molar-refractivity contribution in [2.45, 2.75) is 25.7 Å². The van der Waals surface area contributed by atoms with Gasteiger partial charge in [0.1, 0.15) is 0 Å². The van der Waals surface area contributed by atoms with Gasteiger partial charge in [-0.2, -0.15) is 5.10 Å². The zero-order valence-electron chi connectivity index (χ0n) is 19.9. The van der Waals surface area contributed by atoms with Crippen LogP contribution in [0.15, 0.2) is 73.1 Å². The molecule has 5 rings (SSSR count). The Hall–Kier alpha value is -4.00. The van der Waals surface area contributed by atoms with E-state index in [0.717, 1.165) is 37.7 Å². The number of para-hydroxylation sites is 1. The predicted octanol–water partition coefficient (Wildman–Crippen LogP) is 4.71. The van der Waals surface area contributed by atoms with E-state index in [2.05, 4.69) is 39.7 Å². The van der Waals surface area contributed by atoms with Gasteiger partial charge in [-0.1, -0.05) is 30.3 Å². The average Bonchev–Trinajstić information content (AvgIpc) is 3.18. The number of nitrogens with one attached hydrogen (secondary N) is 1. The van der Waals surface area contributed by atoms with E-state index in [-0.39, 0.29) is 11.8 Å². The van der Waals surface area contributed by atoms with Gasteiger partial charge in [-0.15, -0.1) is 0 Å². The zero-order valence-corrected chi connectivity index (χ0v) is 19.9. The maximum absolute atomic E-state index is 13.5. The van der Waals surface area contributed by atoms with Crippen molar-refractivity contribution in [1.82, 2.24) is 19.7 Å². The number of amides is 2. The first-order valence-electron chi connectivity index (χ1n) is 12.1. The summed E-state index contributed by atoms with van der Waals surface area (Å²) in [6, 6.07) is 19.3. The molecule has 3 heterocycles. The number of carbonyl (C=O) groups is 2. The van der Waals surface area contributed by atoms with E-state index in [9.17, 15) is 9.59 Å². The van der Waals surface area contributed by atoms with Gasteiger partial charge in [-0.3, -0.25) is 19.3 Å². The van der Waals surface area contributed by atoms with Crippen LogP contribution in [0, 0.1) is 5.92 Å². The number of benzene rings is 2. The standard InChI is InChI=1S/C28H29N5O2/c1-32-17-14-26(31-32)27(34)30-25-11-3-2-9-23(25)28(35)33-16-6-7-20(13-18-33)19-21-8-4-12-24-22(21)10-5-15-29-24/h2-5,8-12,14-15,17,20H,6-7,13,16,18-19H2,1H3,(H,30,34). The first kappa shape index (κ1) is 22.8. The summed E-state index contributed by atoms with van der Waals surface area (Å²) in [6.07, 6.45) is 7.53. The highest BCUT2D eigenvalue weighted by atomic mass is 16.2. The number of rotatable bonds is 5. The zero-order chi connectivity index (χ0) is 24.2. The third kappa shape index (κ3) is 5.09. The lowest BCUT2D eigenvalue weighted by Gasteiger charge is -2.22. The molecule has 1 unspecified atom stereocenters. The number of aryl methyl sites for hydroxylation is 1. The Morgan fingerprint density at radius 3 is 2.74 bits per heavy atom. The first-order chi connectivity index (χ1) is 17.1. The maximum atomic E-state index is 13.5. The molecule has 0 saturated carbocycles. The Kier molecular flexibility index (Phi) is 6.57. The van der Waals surface area contributed by atoms with Crippen molar-refractivity contribution in [3.63, 3.8) is 0 Å². The molecule has 1 N–H and O–H groups in total. The molecule has 1 atom stereocenters. The van der Waals surface area contributed by atoms with Crippen LogP contribution >= 0.6 is 0 Å². The topological polar surface area (TPSA) is 80.1 Å². The lowest BCUT2D eigenvalue weighted by molar-refractivity contribution is 0.0761. The second-order valence-corrected chi connectivity index (χ2v) is 9.15. The van der Waals surface area contributed by atoms with Crippen molar-refractivity contribution >= 4 is 28.4 Å². The Morgan fingerprint density at radius 2 is 1.89 bits per heavy atom. The summed E-state index contributed by atoms with van der Waals surface area (Å²) in [5, 5.41) is 8.23. The van der Waals surface area contributed by atoms with E-state index in [1.54, 1.807) is 36.1 Å². The molecule has 1 aliphatic heterocycles. The molecule has 0 aliphatic carbocycles. The molecule has 2 aromatic heterocycles. The van der Waals surface area contributed by atoms with Gasteiger partial charge in [0.2, 0.25) is 0 Å². The number of pyridine rings is 1. The van der Waals surface area contributed by atoms with Gasteiger partial charge in [0.05, 0.1) is 16.8 Å². The third-order valence-electron chi connectivity index (χ3n) is 6.73. The largest absolute Gasteiger partial charge is 0.339 e. The van der Waals surface area contributed by atoms with Crippen molar-refractivity contribution < 1.29 is 9.59 Å². The van der Waals surface area contributed by atoms with E-state index in [4.69, 9.17) is 0 Å². The van der Waals surface area contributed by atoms with E-state index in [0.29, 0.717) is 29.4 Å². The van der Waals surface area contributed by atoms with Gasteiger partial charge in [0.15, 0.2) is 5.69 Å². The number of aromatic nitrogens is 3. The summed E-state index contributed by atoms with van der Waals surface area (Å²) in [5.41, 5.74) is 3.69. The molecular formula is C28H29N5O2. The number of hydrogen-bond acceptors (Lipinski definition) is 4. The van der Waals surface area contributed by atoms with Crippen molar-refractivity contribution in [3.8, 4) is 0 Å². The highest BCUT2D eigenvalue weighted by Crippen LogP contribution is 2.27. The Bertz CT molecular complexity index is 1360. The summed E-state index contributed by atoms with van der Waals surface area (Å²) >= 11 is 0. The number of anilines is 1. The molecular weight excluding hydrogens is 438 g/mol. The van der Waals surface area contributed by atoms with Gasteiger partial charge < -0.3 is 10.2 Å². The SMILES string of the molecule is Cn1ccc(C(=O)Nc2ccccc2C(=O)N2CCCC(Cc3cccc4ncccc34)CC2)n1. The molecule has 178 valence electrons. The summed E-state index contributed by atoms with van der Waals surface area (Å²) in [5.74, 6) is 0.140. The first-order valence-corrected chi connectivity index (χ1v) is 12.1. The molecule has 0 spiro atoms. The minimum Gasteiger partial charge on any atom is -0.339 e. The molecule has 0 radical (unpaired) electrons. The molecule has 35 heavy (non-hydrogen) atoms. The maximum Gasteiger partial charge on any atom is 0.276 e. The van der Waals surface area contributed by atoms with Crippen LogP contribution in [0.4, 0.5) is 5.69 Å². The van der Waals surface area contributed by atoms with Gasteiger partial charge >= 0.3 is 0 Å². The fraction of sp³-hybridized carbons (Fsp3) is 0.286. The summed E-state index contributed by atoms with van der Waals surface area (Å²) < 4.78 is 1.58. The smallest absolute Gasteiger partial charge is 0.276 e. The Balaban J connectivity index is 1.27. The molecule has 7 heteroatoms. The molecule has 1 aliphatic rings. The fourth-order valence-corrected chi connectivity index (χ4v) is 4.90. The van der Waals surface area contributed by atoms with Gasteiger partial charge in [0.25, 0.3) is 11.8 Å². The number of nitrogens with zero attached hydrogens (tertiary/aromatic N) is 4. The monoisotopic (exact) mass is 467 g/mol. The van der Waals surface area contributed by atoms with Crippen LogP contribution in [0.3, 0.4) is 0 Å². The van der Waals surface area contributed by atoms with E-state index in [1.807, 2.05) is 29.3 Å². The van der Waals surface area contributed by atoms with Crippen LogP contribution in [0.5, 0.6) is 0 Å². The number of likely N-dealkylation sites (tertiary alicyclic amines) is 1. The third-order valence-corrected chi connectivity index (χ3v) is 6.73. The van der Waals surface area contributed by atoms with E-state index < -0.39 is 0 Å². The highest BCUT2D eigenvalue weighted by molar-refractivity contribution is 6.08. The molecule has 2 aromatic carbocycles. The van der Waals surface area contributed by atoms with Crippen molar-refractivity contribution in [1.29, 1.82) is 0 Å². The van der Waals surface area contributed by atoms with E-state index in [1.165, 1.54) is 10.9 Å². The van der Waals surface area contributed by atoms with Gasteiger partial charge in [-0.25, -0.2) is 0 Å². The Morgan fingerprint density at radius 1 is 1.00 bits per heavy atom. The number of hydrogen-bond donors (Lipinski definition) is 1. The van der Waals surface area contributed by atoms with Crippen LogP contribution in [0.2, 0.25) is 0 Å². The highest BCUT2D eigenvalue weighted by Gasteiger charge is 2.24. The molecule has 0 bridgehead atoms. The quantitative estimate of drug-likeness (QED) is 0.461. The second-order valence-electron chi connectivity index (χ2n) is 9.15. The fourth-order valence-electron chi connectivity index (χ4n) is 4.90. The van der Waals surface area contributed by atoms with Gasteiger partial charge in [-0.05, 0) is 67.5 Å². The Labute approximate surface area is 204 Å². The van der Waals surface area contributed by atoms with Crippen molar-refractivity contribution in [2.24, 2.45) is 13.0 Å². The average molecular weight is 468 g/mol. The summed E-state index contributed by atoms with van der Waals surface area (Å²) in [4.78, 5) is 32.5. The minimum absolute atomic E-state index is 0.0445. The van der Waals surface area contributed by atoms with Crippen LogP contribution in [-0.2, 0) is 13.5 Å². The minimum atomic E-state index is -0.327. The normalized spacial score (nSPS) is 16.1. The lowest BCUT2D eigenvalue weighted by Crippen LogP contribution is -2.33. The predicted molar refractivity (Wildman–Crippen MR) is 136 cm³/mol. The van der Waals surface area contributed by atoms with Crippen molar-refractivity contribution in [3.05, 3.63) is 89.9 Å².